The molecule has 2 aliphatic rings. The second-order valence-electron chi connectivity index (χ2n) is 6.52. The molecule has 114 valence electrons. The summed E-state index contributed by atoms with van der Waals surface area (Å²) in [4.78, 5) is 13.7. The van der Waals surface area contributed by atoms with Crippen LogP contribution in [0, 0.1) is 11.2 Å². The Morgan fingerprint density at radius 1 is 1.52 bits per heavy atom. The van der Waals surface area contributed by atoms with Gasteiger partial charge in [0.1, 0.15) is 5.82 Å². The van der Waals surface area contributed by atoms with Crippen molar-refractivity contribution in [1.82, 2.24) is 5.32 Å². The molecule has 21 heavy (non-hydrogen) atoms. The largest absolute Gasteiger partial charge is 0.370 e. The van der Waals surface area contributed by atoms with E-state index in [-0.39, 0.29) is 11.7 Å². The molecule has 1 unspecified atom stereocenters. The SMILES string of the molecule is CC1(C(N)=O)CCN(c2ccc(F)cc2CNC2CC2)C1. The number of halogens is 1. The first-order valence-electron chi connectivity index (χ1n) is 7.55. The van der Waals surface area contributed by atoms with Gasteiger partial charge in [-0.05, 0) is 49.9 Å². The molecule has 0 spiro atoms. The number of amides is 1. The summed E-state index contributed by atoms with van der Waals surface area (Å²) in [6.07, 6.45) is 3.15. The highest BCUT2D eigenvalue weighted by Gasteiger charge is 2.39. The van der Waals surface area contributed by atoms with E-state index in [0.29, 0.717) is 19.1 Å². The van der Waals surface area contributed by atoms with Gasteiger partial charge in [-0.3, -0.25) is 4.79 Å². The molecule has 1 aliphatic heterocycles. The Bertz CT molecular complexity index is 558. The van der Waals surface area contributed by atoms with Crippen LogP contribution in [0.15, 0.2) is 18.2 Å². The van der Waals surface area contributed by atoms with Crippen LogP contribution < -0.4 is 16.0 Å². The number of anilines is 1. The zero-order valence-corrected chi connectivity index (χ0v) is 12.4. The van der Waals surface area contributed by atoms with Gasteiger partial charge in [-0.1, -0.05) is 0 Å². The molecule has 1 aromatic carbocycles. The Hall–Kier alpha value is -1.62. The maximum Gasteiger partial charge on any atom is 0.225 e. The van der Waals surface area contributed by atoms with Crippen LogP contribution in [0.5, 0.6) is 0 Å². The van der Waals surface area contributed by atoms with Crippen molar-refractivity contribution >= 4 is 11.6 Å². The first-order valence-corrected chi connectivity index (χ1v) is 7.55. The molecule has 1 saturated carbocycles. The van der Waals surface area contributed by atoms with Crippen molar-refractivity contribution in [2.45, 2.75) is 38.8 Å². The molecule has 1 saturated heterocycles. The lowest BCUT2D eigenvalue weighted by Crippen LogP contribution is -2.37. The van der Waals surface area contributed by atoms with E-state index >= 15 is 0 Å². The number of rotatable bonds is 5. The average molecular weight is 291 g/mol. The maximum atomic E-state index is 13.5. The molecule has 4 nitrogen and oxygen atoms in total. The van der Waals surface area contributed by atoms with Crippen molar-refractivity contribution in [3.05, 3.63) is 29.6 Å². The molecule has 1 amide bonds. The van der Waals surface area contributed by atoms with Crippen LogP contribution in [-0.2, 0) is 11.3 Å². The summed E-state index contributed by atoms with van der Waals surface area (Å²) in [5.41, 5.74) is 6.98. The summed E-state index contributed by atoms with van der Waals surface area (Å²) in [6, 6.07) is 5.46. The van der Waals surface area contributed by atoms with E-state index in [1.807, 2.05) is 13.0 Å². The number of hydrogen-bond donors (Lipinski definition) is 2. The van der Waals surface area contributed by atoms with Crippen molar-refractivity contribution in [3.63, 3.8) is 0 Å². The minimum atomic E-state index is -0.490. The summed E-state index contributed by atoms with van der Waals surface area (Å²) in [7, 11) is 0. The molecule has 3 rings (SSSR count). The Morgan fingerprint density at radius 2 is 2.29 bits per heavy atom. The van der Waals surface area contributed by atoms with Gasteiger partial charge in [-0.2, -0.15) is 0 Å². The number of carbonyl (C=O) groups is 1. The van der Waals surface area contributed by atoms with Crippen LogP contribution in [0.2, 0.25) is 0 Å². The molecular weight excluding hydrogens is 269 g/mol. The van der Waals surface area contributed by atoms with Crippen LogP contribution in [-0.4, -0.2) is 25.0 Å². The number of hydrogen-bond acceptors (Lipinski definition) is 3. The molecule has 5 heteroatoms. The first kappa shape index (κ1) is 14.3. The topological polar surface area (TPSA) is 58.4 Å². The number of nitrogens with one attached hydrogen (secondary N) is 1. The minimum absolute atomic E-state index is 0.219. The number of carbonyl (C=O) groups excluding carboxylic acids is 1. The number of primary amides is 1. The predicted octanol–water partition coefficient (Wildman–Crippen LogP) is 1.78. The van der Waals surface area contributed by atoms with Crippen LogP contribution in [0.4, 0.5) is 10.1 Å². The van der Waals surface area contributed by atoms with Gasteiger partial charge in [0.15, 0.2) is 0 Å². The zero-order valence-electron chi connectivity index (χ0n) is 12.4. The third-order valence-electron chi connectivity index (χ3n) is 4.61. The van der Waals surface area contributed by atoms with Gasteiger partial charge in [-0.25, -0.2) is 4.39 Å². The fourth-order valence-electron chi connectivity index (χ4n) is 2.91. The number of benzene rings is 1. The maximum absolute atomic E-state index is 13.5. The van der Waals surface area contributed by atoms with E-state index in [2.05, 4.69) is 10.2 Å². The summed E-state index contributed by atoms with van der Waals surface area (Å²) >= 11 is 0. The van der Waals surface area contributed by atoms with Gasteiger partial charge < -0.3 is 16.0 Å². The number of nitrogens with two attached hydrogens (primary N) is 1. The van der Waals surface area contributed by atoms with Gasteiger partial charge in [-0.15, -0.1) is 0 Å². The van der Waals surface area contributed by atoms with Crippen LogP contribution >= 0.6 is 0 Å². The highest BCUT2D eigenvalue weighted by molar-refractivity contribution is 5.82. The molecule has 1 atom stereocenters. The molecule has 1 heterocycles. The van der Waals surface area contributed by atoms with Gasteiger partial charge >= 0.3 is 0 Å². The van der Waals surface area contributed by atoms with E-state index in [0.717, 1.165) is 24.2 Å². The third-order valence-corrected chi connectivity index (χ3v) is 4.61. The fraction of sp³-hybridized carbons (Fsp3) is 0.562. The lowest BCUT2D eigenvalue weighted by Gasteiger charge is -2.25. The van der Waals surface area contributed by atoms with Gasteiger partial charge in [0.25, 0.3) is 0 Å². The third kappa shape index (κ3) is 3.02. The van der Waals surface area contributed by atoms with E-state index in [4.69, 9.17) is 5.73 Å². The zero-order chi connectivity index (χ0) is 15.0. The lowest BCUT2D eigenvalue weighted by molar-refractivity contribution is -0.125. The van der Waals surface area contributed by atoms with Gasteiger partial charge in [0.05, 0.1) is 5.41 Å². The summed E-state index contributed by atoms with van der Waals surface area (Å²) in [6.45, 7) is 3.95. The second kappa shape index (κ2) is 5.30. The van der Waals surface area contributed by atoms with Crippen LogP contribution in [0.1, 0.15) is 31.7 Å². The van der Waals surface area contributed by atoms with Crippen molar-refractivity contribution in [1.29, 1.82) is 0 Å². The molecule has 3 N–H and O–H groups in total. The Kier molecular flexibility index (Phi) is 3.61. The summed E-state index contributed by atoms with van der Waals surface area (Å²) in [5.74, 6) is -0.479. The minimum Gasteiger partial charge on any atom is -0.370 e. The van der Waals surface area contributed by atoms with E-state index in [1.54, 1.807) is 6.07 Å². The highest BCUT2D eigenvalue weighted by Crippen LogP contribution is 2.35. The van der Waals surface area contributed by atoms with Gasteiger partial charge in [0.2, 0.25) is 5.91 Å². The molecule has 1 aliphatic carbocycles. The molecule has 1 aromatic rings. The quantitative estimate of drug-likeness (QED) is 0.869. The standard InChI is InChI=1S/C16H22FN3O/c1-16(15(18)21)6-7-20(10-16)14-5-2-12(17)8-11(14)9-19-13-3-4-13/h2,5,8,13,19H,3-4,6-7,9-10H2,1H3,(H2,18,21). The molecule has 2 fully saturated rings. The van der Waals surface area contributed by atoms with Crippen LogP contribution in [0.25, 0.3) is 0 Å². The Morgan fingerprint density at radius 3 is 2.90 bits per heavy atom. The molecular formula is C16H22FN3O. The van der Waals surface area contributed by atoms with Crippen molar-refractivity contribution in [2.75, 3.05) is 18.0 Å². The molecule has 0 bridgehead atoms. The fourth-order valence-corrected chi connectivity index (χ4v) is 2.91. The second-order valence-corrected chi connectivity index (χ2v) is 6.52. The Balaban J connectivity index is 1.79. The van der Waals surface area contributed by atoms with Crippen molar-refractivity contribution in [2.24, 2.45) is 11.1 Å². The predicted molar refractivity (Wildman–Crippen MR) is 80.4 cm³/mol. The Labute approximate surface area is 124 Å². The number of nitrogens with zero attached hydrogens (tertiary/aromatic N) is 1. The van der Waals surface area contributed by atoms with E-state index in [1.165, 1.54) is 18.9 Å². The summed E-state index contributed by atoms with van der Waals surface area (Å²) in [5, 5.41) is 3.42. The van der Waals surface area contributed by atoms with Gasteiger partial charge in [0, 0.05) is 31.4 Å². The average Bonchev–Trinajstić information content (AvgIpc) is 3.18. The van der Waals surface area contributed by atoms with Crippen molar-refractivity contribution in [3.8, 4) is 0 Å². The van der Waals surface area contributed by atoms with Crippen LogP contribution in [0.3, 0.4) is 0 Å². The van der Waals surface area contributed by atoms with E-state index in [9.17, 15) is 9.18 Å². The molecule has 0 radical (unpaired) electrons. The lowest BCUT2D eigenvalue weighted by atomic mass is 9.89. The monoisotopic (exact) mass is 291 g/mol. The first-order chi connectivity index (χ1) is 9.98. The van der Waals surface area contributed by atoms with Crippen molar-refractivity contribution < 1.29 is 9.18 Å². The smallest absolute Gasteiger partial charge is 0.225 e. The normalized spacial score (nSPS) is 25.3. The van der Waals surface area contributed by atoms with E-state index < -0.39 is 5.41 Å². The summed E-state index contributed by atoms with van der Waals surface area (Å²) < 4.78 is 13.5. The molecule has 0 aromatic heterocycles. The highest BCUT2D eigenvalue weighted by atomic mass is 19.1.